The molecule has 0 spiro atoms. The molecule has 4 heteroatoms. The molecule has 0 amide bonds. The lowest BCUT2D eigenvalue weighted by atomic mass is 10.1. The summed E-state index contributed by atoms with van der Waals surface area (Å²) in [6.07, 6.45) is 1.02. The molecule has 1 aromatic rings. The van der Waals surface area contributed by atoms with E-state index in [0.29, 0.717) is 18.5 Å². The molecule has 0 unspecified atom stereocenters. The number of nitrogens with two attached hydrogens (primary N) is 1. The number of hydrogen-bond donors (Lipinski definition) is 3. The standard InChI is InChI=1S/C13H22N4/c1-4-11-7-5-6-8-12(11)9-15-13(17-14)16-10(2)3/h5-8,10H,4,9,14H2,1-3H3,(H2,15,16,17). The average molecular weight is 234 g/mol. The quantitative estimate of drug-likeness (QED) is 0.321. The van der Waals surface area contributed by atoms with Gasteiger partial charge < -0.3 is 5.32 Å². The van der Waals surface area contributed by atoms with Gasteiger partial charge in [0.15, 0.2) is 0 Å². The highest BCUT2D eigenvalue weighted by atomic mass is 15.3. The summed E-state index contributed by atoms with van der Waals surface area (Å²) in [6, 6.07) is 8.64. The Bertz CT molecular complexity index is 371. The van der Waals surface area contributed by atoms with Crippen LogP contribution in [-0.4, -0.2) is 12.0 Å². The molecular formula is C13H22N4. The van der Waals surface area contributed by atoms with E-state index in [1.54, 1.807) is 0 Å². The second-order valence-electron chi connectivity index (χ2n) is 4.23. The first-order valence-electron chi connectivity index (χ1n) is 6.01. The molecule has 0 radical (unpaired) electrons. The Balaban J connectivity index is 2.72. The Hall–Kier alpha value is -1.55. The summed E-state index contributed by atoms with van der Waals surface area (Å²) >= 11 is 0. The van der Waals surface area contributed by atoms with Crippen molar-refractivity contribution in [1.82, 2.24) is 10.7 Å². The molecular weight excluding hydrogens is 212 g/mol. The van der Waals surface area contributed by atoms with Crippen LogP contribution >= 0.6 is 0 Å². The van der Waals surface area contributed by atoms with Crippen LogP contribution in [0.3, 0.4) is 0 Å². The summed E-state index contributed by atoms with van der Waals surface area (Å²) in [7, 11) is 0. The first kappa shape index (κ1) is 13.5. The number of hydrogen-bond acceptors (Lipinski definition) is 2. The SMILES string of the molecule is CCc1ccccc1CN=C(NN)NC(C)C. The van der Waals surface area contributed by atoms with Crippen LogP contribution in [0.5, 0.6) is 0 Å². The van der Waals surface area contributed by atoms with Gasteiger partial charge in [0.25, 0.3) is 0 Å². The molecule has 1 rings (SSSR count). The maximum atomic E-state index is 5.41. The van der Waals surface area contributed by atoms with Gasteiger partial charge in [0.05, 0.1) is 6.54 Å². The van der Waals surface area contributed by atoms with Gasteiger partial charge in [0.2, 0.25) is 5.96 Å². The molecule has 1 aromatic carbocycles. The van der Waals surface area contributed by atoms with Crippen molar-refractivity contribution < 1.29 is 0 Å². The maximum Gasteiger partial charge on any atom is 0.206 e. The molecule has 0 aliphatic carbocycles. The molecule has 0 fully saturated rings. The monoisotopic (exact) mass is 234 g/mol. The van der Waals surface area contributed by atoms with Crippen LogP contribution in [0.2, 0.25) is 0 Å². The van der Waals surface area contributed by atoms with Crippen LogP contribution in [0.15, 0.2) is 29.3 Å². The van der Waals surface area contributed by atoms with Crippen LogP contribution < -0.4 is 16.6 Å². The van der Waals surface area contributed by atoms with Crippen LogP contribution in [0, 0.1) is 0 Å². The van der Waals surface area contributed by atoms with Gasteiger partial charge in [-0.2, -0.15) is 0 Å². The molecule has 0 bridgehead atoms. The number of aliphatic imine (C=N–C) groups is 1. The highest BCUT2D eigenvalue weighted by molar-refractivity contribution is 5.79. The number of benzene rings is 1. The summed E-state index contributed by atoms with van der Waals surface area (Å²) in [5.74, 6) is 6.04. The minimum Gasteiger partial charge on any atom is -0.353 e. The highest BCUT2D eigenvalue weighted by Gasteiger charge is 2.01. The van der Waals surface area contributed by atoms with Crippen molar-refractivity contribution in [3.8, 4) is 0 Å². The Morgan fingerprint density at radius 2 is 1.94 bits per heavy atom. The van der Waals surface area contributed by atoms with E-state index in [4.69, 9.17) is 5.84 Å². The zero-order valence-electron chi connectivity index (χ0n) is 10.8. The smallest absolute Gasteiger partial charge is 0.206 e. The van der Waals surface area contributed by atoms with Gasteiger partial charge in [0, 0.05) is 6.04 Å². The van der Waals surface area contributed by atoms with Gasteiger partial charge in [-0.05, 0) is 31.4 Å². The molecule has 94 valence electrons. The summed E-state index contributed by atoms with van der Waals surface area (Å²) in [5, 5.41) is 3.15. The molecule has 4 nitrogen and oxygen atoms in total. The second-order valence-corrected chi connectivity index (χ2v) is 4.23. The fraction of sp³-hybridized carbons (Fsp3) is 0.462. The first-order valence-corrected chi connectivity index (χ1v) is 6.01. The third kappa shape index (κ3) is 4.44. The van der Waals surface area contributed by atoms with E-state index in [9.17, 15) is 0 Å². The summed E-state index contributed by atoms with van der Waals surface area (Å²) in [5.41, 5.74) is 5.15. The molecule has 4 N–H and O–H groups in total. The third-order valence-electron chi connectivity index (χ3n) is 2.47. The van der Waals surface area contributed by atoms with Gasteiger partial charge in [-0.3, -0.25) is 5.43 Å². The van der Waals surface area contributed by atoms with Crippen molar-refractivity contribution in [3.63, 3.8) is 0 Å². The number of guanidine groups is 1. The van der Waals surface area contributed by atoms with E-state index >= 15 is 0 Å². The number of hydrazine groups is 1. The van der Waals surface area contributed by atoms with Crippen molar-refractivity contribution in [1.29, 1.82) is 0 Å². The normalized spacial score (nSPS) is 11.7. The Kier molecular flexibility index (Phi) is 5.49. The van der Waals surface area contributed by atoms with Crippen LogP contribution in [0.25, 0.3) is 0 Å². The van der Waals surface area contributed by atoms with E-state index in [-0.39, 0.29) is 0 Å². The minimum absolute atomic E-state index is 0.311. The zero-order valence-corrected chi connectivity index (χ0v) is 10.8. The fourth-order valence-corrected chi connectivity index (χ4v) is 1.63. The minimum atomic E-state index is 0.311. The summed E-state index contributed by atoms with van der Waals surface area (Å²) in [6.45, 7) is 6.89. The van der Waals surface area contributed by atoms with Crippen molar-refractivity contribution in [3.05, 3.63) is 35.4 Å². The highest BCUT2D eigenvalue weighted by Crippen LogP contribution is 2.10. The molecule has 0 saturated heterocycles. The Morgan fingerprint density at radius 1 is 1.29 bits per heavy atom. The lowest BCUT2D eigenvalue weighted by molar-refractivity contribution is 0.702. The van der Waals surface area contributed by atoms with E-state index in [1.165, 1.54) is 11.1 Å². The molecule has 0 aliphatic heterocycles. The number of nitrogens with zero attached hydrogens (tertiary/aromatic N) is 1. The largest absolute Gasteiger partial charge is 0.353 e. The van der Waals surface area contributed by atoms with E-state index < -0.39 is 0 Å². The molecule has 0 saturated carbocycles. The Labute approximate surface area is 103 Å². The van der Waals surface area contributed by atoms with E-state index in [1.807, 2.05) is 19.9 Å². The van der Waals surface area contributed by atoms with Gasteiger partial charge >= 0.3 is 0 Å². The third-order valence-corrected chi connectivity index (χ3v) is 2.47. The molecule has 0 atom stereocenters. The number of aryl methyl sites for hydroxylation is 1. The maximum absolute atomic E-state index is 5.41. The van der Waals surface area contributed by atoms with Crippen molar-refractivity contribution in [2.75, 3.05) is 0 Å². The van der Waals surface area contributed by atoms with Gasteiger partial charge in [0.1, 0.15) is 0 Å². The fourth-order valence-electron chi connectivity index (χ4n) is 1.63. The molecule has 0 aromatic heterocycles. The predicted octanol–water partition coefficient (Wildman–Crippen LogP) is 1.57. The van der Waals surface area contributed by atoms with E-state index in [2.05, 4.69) is 40.9 Å². The van der Waals surface area contributed by atoms with Crippen LogP contribution in [0.1, 0.15) is 31.9 Å². The van der Waals surface area contributed by atoms with Gasteiger partial charge in [-0.25, -0.2) is 10.8 Å². The van der Waals surface area contributed by atoms with Crippen molar-refractivity contribution in [2.24, 2.45) is 10.8 Å². The summed E-state index contributed by atoms with van der Waals surface area (Å²) < 4.78 is 0. The predicted molar refractivity (Wildman–Crippen MR) is 72.6 cm³/mol. The van der Waals surface area contributed by atoms with E-state index in [0.717, 1.165) is 6.42 Å². The van der Waals surface area contributed by atoms with Crippen LogP contribution in [-0.2, 0) is 13.0 Å². The number of nitrogens with one attached hydrogen (secondary N) is 2. The molecule has 0 aliphatic rings. The Morgan fingerprint density at radius 3 is 2.47 bits per heavy atom. The molecule has 17 heavy (non-hydrogen) atoms. The first-order chi connectivity index (χ1) is 8.17. The van der Waals surface area contributed by atoms with Gasteiger partial charge in [-0.1, -0.05) is 31.2 Å². The van der Waals surface area contributed by atoms with Crippen molar-refractivity contribution >= 4 is 5.96 Å². The topological polar surface area (TPSA) is 62.4 Å². The van der Waals surface area contributed by atoms with Crippen molar-refractivity contribution in [2.45, 2.75) is 39.8 Å². The molecule has 0 heterocycles. The summed E-state index contributed by atoms with van der Waals surface area (Å²) in [4.78, 5) is 4.43. The lowest BCUT2D eigenvalue weighted by Gasteiger charge is -2.12. The zero-order chi connectivity index (χ0) is 12.7. The lowest BCUT2D eigenvalue weighted by Crippen LogP contribution is -2.44. The number of rotatable bonds is 4. The van der Waals surface area contributed by atoms with Crippen LogP contribution in [0.4, 0.5) is 0 Å². The second kappa shape index (κ2) is 6.91. The van der Waals surface area contributed by atoms with Gasteiger partial charge in [-0.15, -0.1) is 0 Å². The average Bonchev–Trinajstić information content (AvgIpc) is 2.34.